The number of hydrogen-bond acceptors (Lipinski definition) is 7. The Morgan fingerprint density at radius 3 is 2.09 bits per heavy atom. The van der Waals surface area contributed by atoms with E-state index in [0.717, 1.165) is 12.8 Å². The quantitative estimate of drug-likeness (QED) is 0.401. The summed E-state index contributed by atoms with van der Waals surface area (Å²) in [4.78, 5) is 9.04. The Morgan fingerprint density at radius 1 is 1.09 bits per heavy atom. The minimum atomic E-state index is -5.08. The number of alkyl halides is 3. The number of hydrogen-bond donors (Lipinski definition) is 2. The fourth-order valence-corrected chi connectivity index (χ4v) is 6.10. The minimum Gasteiger partial charge on any atom is -0.497 e. The molecule has 0 aliphatic carbocycles. The Hall–Kier alpha value is -1.94. The minimum absolute atomic E-state index is 0.0513. The van der Waals surface area contributed by atoms with Gasteiger partial charge in [-0.1, -0.05) is 19.8 Å². The van der Waals surface area contributed by atoms with Gasteiger partial charge in [-0.25, -0.2) is 21.6 Å². The van der Waals surface area contributed by atoms with Gasteiger partial charge >= 0.3 is 12.1 Å². The normalized spacial score (nSPS) is 15.4. The SMILES string of the molecule is CCCCCN(CCS(=O)(=O)N1CCNCC1)S(=O)(=O)c1ccc(OC)cc1.O=C(O)C(F)(F)F. The van der Waals surface area contributed by atoms with Crippen molar-refractivity contribution in [1.82, 2.24) is 13.9 Å². The van der Waals surface area contributed by atoms with E-state index in [9.17, 15) is 30.0 Å². The molecule has 0 amide bonds. The zero-order chi connectivity index (χ0) is 26.7. The second-order valence-electron chi connectivity index (χ2n) is 7.55. The van der Waals surface area contributed by atoms with Gasteiger partial charge in [-0.05, 0) is 30.7 Å². The molecule has 0 aromatic heterocycles. The third kappa shape index (κ3) is 10.3. The number of nitrogens with zero attached hydrogens (tertiary/aromatic N) is 2. The fraction of sp³-hybridized carbons (Fsp3) is 0.650. The Bertz CT molecular complexity index is 996. The molecule has 0 saturated carbocycles. The highest BCUT2D eigenvalue weighted by atomic mass is 32.2. The Balaban J connectivity index is 0.000000762. The number of unbranched alkanes of at least 4 members (excludes halogenated alkanes) is 2. The number of carboxylic acids is 1. The van der Waals surface area contributed by atoms with Crippen molar-refractivity contribution in [3.05, 3.63) is 24.3 Å². The predicted octanol–water partition coefficient (Wildman–Crippen LogP) is 1.74. The lowest BCUT2D eigenvalue weighted by Crippen LogP contribution is -2.48. The maximum Gasteiger partial charge on any atom is 0.490 e. The zero-order valence-corrected chi connectivity index (χ0v) is 21.3. The van der Waals surface area contributed by atoms with E-state index in [2.05, 4.69) is 5.32 Å². The van der Waals surface area contributed by atoms with Crippen LogP contribution in [0.15, 0.2) is 29.2 Å². The number of ether oxygens (including phenoxy) is 1. The lowest BCUT2D eigenvalue weighted by atomic mass is 10.2. The third-order valence-corrected chi connectivity index (χ3v) is 8.78. The summed E-state index contributed by atoms with van der Waals surface area (Å²) in [7, 11) is -5.76. The van der Waals surface area contributed by atoms with Crippen LogP contribution in [0.2, 0.25) is 0 Å². The molecular formula is C20H32F3N3O7S2. The van der Waals surface area contributed by atoms with Gasteiger partial charge in [0.2, 0.25) is 20.0 Å². The first kappa shape index (κ1) is 31.1. The molecule has 1 heterocycles. The van der Waals surface area contributed by atoms with Crippen LogP contribution in [0, 0.1) is 0 Å². The number of methoxy groups -OCH3 is 1. The maximum atomic E-state index is 13.1. The molecule has 0 radical (unpaired) electrons. The van der Waals surface area contributed by atoms with E-state index in [-0.39, 0.29) is 17.2 Å². The van der Waals surface area contributed by atoms with Crippen molar-refractivity contribution >= 4 is 26.0 Å². The van der Waals surface area contributed by atoms with Gasteiger partial charge in [-0.3, -0.25) is 0 Å². The van der Waals surface area contributed by atoms with E-state index >= 15 is 0 Å². The molecule has 1 fully saturated rings. The van der Waals surface area contributed by atoms with Gasteiger partial charge in [0.1, 0.15) is 5.75 Å². The Morgan fingerprint density at radius 2 is 1.63 bits per heavy atom. The molecule has 1 aromatic rings. The van der Waals surface area contributed by atoms with E-state index in [4.69, 9.17) is 14.6 Å². The van der Waals surface area contributed by atoms with Crippen molar-refractivity contribution < 1.29 is 44.6 Å². The first-order valence-corrected chi connectivity index (χ1v) is 13.9. The number of rotatable bonds is 11. The lowest BCUT2D eigenvalue weighted by Gasteiger charge is -2.28. The van der Waals surface area contributed by atoms with E-state index in [1.165, 1.54) is 27.9 Å². The number of nitrogens with one attached hydrogen (secondary N) is 1. The molecule has 1 aromatic carbocycles. The van der Waals surface area contributed by atoms with Crippen LogP contribution in [0.5, 0.6) is 5.75 Å². The summed E-state index contributed by atoms with van der Waals surface area (Å²) < 4.78 is 91.0. The Kier molecular flexibility index (Phi) is 12.4. The van der Waals surface area contributed by atoms with Crippen molar-refractivity contribution in [3.63, 3.8) is 0 Å². The molecule has 1 aliphatic rings. The molecule has 35 heavy (non-hydrogen) atoms. The largest absolute Gasteiger partial charge is 0.497 e. The average molecular weight is 548 g/mol. The highest BCUT2D eigenvalue weighted by Crippen LogP contribution is 2.20. The van der Waals surface area contributed by atoms with E-state index in [0.29, 0.717) is 44.9 Å². The summed E-state index contributed by atoms with van der Waals surface area (Å²) in [5.41, 5.74) is 0. The summed E-state index contributed by atoms with van der Waals surface area (Å²) in [6, 6.07) is 6.17. The van der Waals surface area contributed by atoms with Crippen molar-refractivity contribution in [1.29, 1.82) is 0 Å². The van der Waals surface area contributed by atoms with Crippen LogP contribution in [-0.2, 0) is 24.8 Å². The van der Waals surface area contributed by atoms with Crippen molar-refractivity contribution in [2.45, 2.75) is 37.3 Å². The topological polar surface area (TPSA) is 133 Å². The number of aliphatic carboxylic acids is 1. The standard InChI is InChI=1S/C18H31N3O5S2.C2HF3O2/c1-3-4-5-12-21(15-16-27(22,23)20-13-10-19-11-14-20)28(24,25)18-8-6-17(26-2)7-9-18;3-2(4,5)1(6)7/h6-9,19H,3-5,10-16H2,1-2H3;(H,6,7). The molecule has 10 nitrogen and oxygen atoms in total. The van der Waals surface area contributed by atoms with Gasteiger partial charge < -0.3 is 15.2 Å². The molecule has 2 N–H and O–H groups in total. The first-order valence-electron chi connectivity index (χ1n) is 10.9. The number of carboxylic acid groups (broad SMARTS) is 1. The van der Waals surface area contributed by atoms with Crippen molar-refractivity contribution in [2.24, 2.45) is 0 Å². The van der Waals surface area contributed by atoms with Gasteiger partial charge in [-0.15, -0.1) is 0 Å². The van der Waals surface area contributed by atoms with Gasteiger partial charge in [0.05, 0.1) is 17.8 Å². The van der Waals surface area contributed by atoms with Crippen LogP contribution in [0.25, 0.3) is 0 Å². The third-order valence-electron chi connectivity index (χ3n) is 5.02. The van der Waals surface area contributed by atoms with Crippen LogP contribution in [-0.4, -0.2) is 94.8 Å². The summed E-state index contributed by atoms with van der Waals surface area (Å²) in [5, 5.41) is 10.2. The smallest absolute Gasteiger partial charge is 0.490 e. The van der Waals surface area contributed by atoms with E-state index < -0.39 is 32.2 Å². The molecule has 0 unspecified atom stereocenters. The van der Waals surface area contributed by atoms with Crippen LogP contribution in [0.4, 0.5) is 13.2 Å². The second-order valence-corrected chi connectivity index (χ2v) is 11.6. The van der Waals surface area contributed by atoms with Gasteiger partial charge in [0.25, 0.3) is 0 Å². The average Bonchev–Trinajstić information content (AvgIpc) is 2.81. The van der Waals surface area contributed by atoms with Gasteiger partial charge in [0, 0.05) is 39.3 Å². The van der Waals surface area contributed by atoms with Gasteiger partial charge in [-0.2, -0.15) is 21.8 Å². The summed E-state index contributed by atoms with van der Waals surface area (Å²) >= 11 is 0. The maximum absolute atomic E-state index is 13.1. The van der Waals surface area contributed by atoms with Crippen LogP contribution in [0.1, 0.15) is 26.2 Å². The fourth-order valence-electron chi connectivity index (χ4n) is 3.06. The monoisotopic (exact) mass is 547 g/mol. The Labute approximate surface area is 204 Å². The lowest BCUT2D eigenvalue weighted by molar-refractivity contribution is -0.192. The van der Waals surface area contributed by atoms with Crippen molar-refractivity contribution in [2.75, 3.05) is 52.1 Å². The highest BCUT2D eigenvalue weighted by molar-refractivity contribution is 7.90. The molecule has 0 spiro atoms. The molecule has 202 valence electrons. The number of piperazine rings is 1. The highest BCUT2D eigenvalue weighted by Gasteiger charge is 2.38. The number of sulfonamides is 2. The number of benzene rings is 1. The molecule has 1 saturated heterocycles. The van der Waals surface area contributed by atoms with E-state index in [1.807, 2.05) is 6.92 Å². The second kappa shape index (κ2) is 14.0. The summed E-state index contributed by atoms with van der Waals surface area (Å²) in [6.45, 7) is 4.36. The molecule has 1 aliphatic heterocycles. The number of halogens is 3. The molecule has 2 rings (SSSR count). The van der Waals surface area contributed by atoms with Crippen molar-refractivity contribution in [3.8, 4) is 5.75 Å². The van der Waals surface area contributed by atoms with Crippen LogP contribution >= 0.6 is 0 Å². The summed E-state index contributed by atoms with van der Waals surface area (Å²) in [5.74, 6) is -2.40. The van der Waals surface area contributed by atoms with Crippen LogP contribution < -0.4 is 10.1 Å². The van der Waals surface area contributed by atoms with Gasteiger partial charge in [0.15, 0.2) is 0 Å². The van der Waals surface area contributed by atoms with Crippen LogP contribution in [0.3, 0.4) is 0 Å². The molecule has 0 bridgehead atoms. The predicted molar refractivity (Wildman–Crippen MR) is 123 cm³/mol. The molecule has 15 heteroatoms. The van der Waals surface area contributed by atoms with E-state index in [1.54, 1.807) is 12.1 Å². The zero-order valence-electron chi connectivity index (χ0n) is 19.6. The summed E-state index contributed by atoms with van der Waals surface area (Å²) in [6.07, 6.45) is -2.55. The molecule has 0 atom stereocenters. The molecular weight excluding hydrogens is 515 g/mol. The number of carbonyl (C=O) groups is 1. The first-order chi connectivity index (χ1) is 16.3.